The summed E-state index contributed by atoms with van der Waals surface area (Å²) >= 11 is 4.22. The van der Waals surface area contributed by atoms with Crippen LogP contribution < -0.4 is 14.4 Å². The number of thiol groups is 1. The minimum Gasteiger partial charge on any atom is -0.391 e. The molecule has 0 bridgehead atoms. The molecule has 0 saturated carbocycles. The molecule has 1 saturated heterocycles. The second-order valence-electron chi connectivity index (χ2n) is 9.12. The maximum Gasteiger partial charge on any atom is 0.416 e. The van der Waals surface area contributed by atoms with Gasteiger partial charge in [0.05, 0.1) is 11.9 Å². The molecule has 3 amide bonds. The predicted octanol–water partition coefficient (Wildman–Crippen LogP) is 3.30. The summed E-state index contributed by atoms with van der Waals surface area (Å²) in [7, 11) is 0. The van der Waals surface area contributed by atoms with Crippen LogP contribution in [0.15, 0.2) is 36.7 Å². The third kappa shape index (κ3) is 7.61. The zero-order valence-corrected chi connectivity index (χ0v) is 20.5. The predicted molar refractivity (Wildman–Crippen MR) is 131 cm³/mol. The van der Waals surface area contributed by atoms with E-state index in [2.05, 4.69) is 45.1 Å². The van der Waals surface area contributed by atoms with Crippen LogP contribution in [0.5, 0.6) is 5.88 Å². The van der Waals surface area contributed by atoms with E-state index < -0.39 is 6.09 Å². The first-order chi connectivity index (χ1) is 15.6. The summed E-state index contributed by atoms with van der Waals surface area (Å²) in [5.41, 5.74) is 2.32. The van der Waals surface area contributed by atoms with Gasteiger partial charge in [-0.15, -0.1) is 0 Å². The number of anilines is 1. The van der Waals surface area contributed by atoms with Gasteiger partial charge in [-0.25, -0.2) is 18.9 Å². The van der Waals surface area contributed by atoms with E-state index >= 15 is 0 Å². The van der Waals surface area contributed by atoms with Gasteiger partial charge in [-0.3, -0.25) is 9.88 Å². The molecular weight excluding hydrogens is 440 g/mol. The Bertz CT molecular complexity index is 938. The van der Waals surface area contributed by atoms with Crippen LogP contribution >= 0.6 is 12.8 Å². The van der Waals surface area contributed by atoms with Gasteiger partial charge in [0.1, 0.15) is 0 Å². The molecule has 1 N–H and O–H groups in total. The minimum absolute atomic E-state index is 0.176. The Labute approximate surface area is 200 Å². The standard InChI is InChI=1S/C23H32N6O3S/c1-17-5-6-18(24-15-17)9-10-27-11-13-28(14-12-27)22(31)32-20-8-7-19(16-25-20)29(33)21(30)26-23(2,3)4/h5-8,15-16,33H,9-14H2,1-4H3,(H,26,30). The topological polar surface area (TPSA) is 90.9 Å². The molecule has 1 aliphatic rings. The van der Waals surface area contributed by atoms with Gasteiger partial charge >= 0.3 is 12.1 Å². The number of hydrogen-bond acceptors (Lipinski definition) is 7. The van der Waals surface area contributed by atoms with Crippen LogP contribution in [0.1, 0.15) is 32.0 Å². The lowest BCUT2D eigenvalue weighted by Crippen LogP contribution is -2.50. The molecule has 2 aromatic rings. The molecule has 10 heteroatoms. The van der Waals surface area contributed by atoms with Crippen molar-refractivity contribution in [3.8, 4) is 5.88 Å². The summed E-state index contributed by atoms with van der Waals surface area (Å²) in [6.45, 7) is 11.3. The zero-order valence-electron chi connectivity index (χ0n) is 19.6. The molecule has 0 atom stereocenters. The molecule has 178 valence electrons. The van der Waals surface area contributed by atoms with Crippen LogP contribution in [-0.2, 0) is 6.42 Å². The number of carbonyl (C=O) groups is 2. The number of nitrogens with one attached hydrogen (secondary N) is 1. The van der Waals surface area contributed by atoms with E-state index in [1.807, 2.05) is 33.9 Å². The summed E-state index contributed by atoms with van der Waals surface area (Å²) in [6.07, 6.45) is 3.78. The van der Waals surface area contributed by atoms with Crippen molar-refractivity contribution in [3.05, 3.63) is 47.9 Å². The van der Waals surface area contributed by atoms with Crippen molar-refractivity contribution >= 4 is 30.6 Å². The summed E-state index contributed by atoms with van der Waals surface area (Å²) in [6, 6.07) is 6.94. The van der Waals surface area contributed by atoms with Gasteiger partial charge in [-0.2, -0.15) is 0 Å². The molecule has 0 radical (unpaired) electrons. The van der Waals surface area contributed by atoms with Gasteiger partial charge in [0, 0.05) is 62.6 Å². The molecule has 0 spiro atoms. The molecule has 3 heterocycles. The third-order valence-corrected chi connectivity index (χ3v) is 5.53. The van der Waals surface area contributed by atoms with Crippen molar-refractivity contribution in [1.29, 1.82) is 0 Å². The number of rotatable bonds is 5. The number of carbonyl (C=O) groups excluding carboxylic acids is 2. The van der Waals surface area contributed by atoms with Gasteiger partial charge in [-0.05, 0) is 45.4 Å². The van der Waals surface area contributed by atoms with Crippen molar-refractivity contribution in [2.75, 3.05) is 37.0 Å². The van der Waals surface area contributed by atoms with Gasteiger partial charge < -0.3 is 15.0 Å². The highest BCUT2D eigenvalue weighted by molar-refractivity contribution is 7.82. The Morgan fingerprint density at radius 1 is 1.09 bits per heavy atom. The highest BCUT2D eigenvalue weighted by atomic mass is 32.1. The molecule has 3 rings (SSSR count). The molecule has 2 aromatic heterocycles. The minimum atomic E-state index is -0.427. The van der Waals surface area contributed by atoms with E-state index in [1.54, 1.807) is 17.0 Å². The molecule has 33 heavy (non-hydrogen) atoms. The summed E-state index contributed by atoms with van der Waals surface area (Å²) < 4.78 is 6.57. The zero-order chi connectivity index (χ0) is 24.0. The summed E-state index contributed by atoms with van der Waals surface area (Å²) in [5.74, 6) is 0.176. The Morgan fingerprint density at radius 3 is 2.39 bits per heavy atom. The van der Waals surface area contributed by atoms with Crippen LogP contribution in [-0.4, -0.2) is 70.2 Å². The van der Waals surface area contributed by atoms with Gasteiger partial charge in [0.15, 0.2) is 0 Å². The monoisotopic (exact) mass is 472 g/mol. The quantitative estimate of drug-likeness (QED) is 0.649. The van der Waals surface area contributed by atoms with E-state index in [1.165, 1.54) is 6.20 Å². The fraction of sp³-hybridized carbons (Fsp3) is 0.478. The summed E-state index contributed by atoms with van der Waals surface area (Å²) in [4.78, 5) is 37.3. The molecule has 0 aromatic carbocycles. The largest absolute Gasteiger partial charge is 0.416 e. The number of aromatic nitrogens is 2. The number of amides is 3. The summed E-state index contributed by atoms with van der Waals surface area (Å²) in [5, 5.41) is 2.81. The fourth-order valence-electron chi connectivity index (χ4n) is 3.28. The maximum absolute atomic E-state index is 12.5. The first kappa shape index (κ1) is 24.8. The fourth-order valence-corrected chi connectivity index (χ4v) is 3.44. The second kappa shape index (κ2) is 10.8. The number of ether oxygens (including phenoxy) is 1. The van der Waals surface area contributed by atoms with Crippen molar-refractivity contribution in [2.24, 2.45) is 0 Å². The van der Waals surface area contributed by atoms with Crippen molar-refractivity contribution in [1.82, 2.24) is 25.1 Å². The second-order valence-corrected chi connectivity index (χ2v) is 9.52. The van der Waals surface area contributed by atoms with Crippen LogP contribution in [0.25, 0.3) is 0 Å². The van der Waals surface area contributed by atoms with Crippen LogP contribution in [0.3, 0.4) is 0 Å². The lowest BCUT2D eigenvalue weighted by atomic mass is 10.1. The van der Waals surface area contributed by atoms with E-state index in [0.29, 0.717) is 18.8 Å². The Balaban J connectivity index is 1.44. The third-order valence-electron chi connectivity index (χ3n) is 5.12. The molecule has 1 fully saturated rings. The van der Waals surface area contributed by atoms with E-state index in [9.17, 15) is 9.59 Å². The van der Waals surface area contributed by atoms with Crippen LogP contribution in [0, 0.1) is 6.92 Å². The number of pyridine rings is 2. The number of piperazine rings is 1. The van der Waals surface area contributed by atoms with Crippen LogP contribution in [0.4, 0.5) is 15.3 Å². The Hall–Kier alpha value is -2.85. The lowest BCUT2D eigenvalue weighted by Gasteiger charge is -2.33. The van der Waals surface area contributed by atoms with E-state index in [4.69, 9.17) is 4.74 Å². The van der Waals surface area contributed by atoms with Gasteiger partial charge in [0.2, 0.25) is 5.88 Å². The number of nitrogens with zero attached hydrogens (tertiary/aromatic N) is 5. The number of hydrogen-bond donors (Lipinski definition) is 2. The Kier molecular flexibility index (Phi) is 8.15. The molecule has 0 unspecified atom stereocenters. The van der Waals surface area contributed by atoms with Crippen molar-refractivity contribution < 1.29 is 14.3 Å². The van der Waals surface area contributed by atoms with Gasteiger partial charge in [-0.1, -0.05) is 18.9 Å². The molecule has 1 aliphatic heterocycles. The molecule has 0 aliphatic carbocycles. The average Bonchev–Trinajstić information content (AvgIpc) is 2.78. The first-order valence-electron chi connectivity index (χ1n) is 11.0. The van der Waals surface area contributed by atoms with E-state index in [-0.39, 0.29) is 17.5 Å². The highest BCUT2D eigenvalue weighted by Crippen LogP contribution is 2.19. The SMILES string of the molecule is Cc1ccc(CCN2CCN(C(=O)Oc3ccc(N(S)C(=O)NC(C)(C)C)cn3)CC2)nc1. The maximum atomic E-state index is 12.5. The normalized spacial score (nSPS) is 14.6. The lowest BCUT2D eigenvalue weighted by molar-refractivity contribution is 0.110. The van der Waals surface area contributed by atoms with Crippen molar-refractivity contribution in [3.63, 3.8) is 0 Å². The first-order valence-corrected chi connectivity index (χ1v) is 11.4. The number of urea groups is 1. The Morgan fingerprint density at radius 2 is 1.82 bits per heavy atom. The van der Waals surface area contributed by atoms with E-state index in [0.717, 1.165) is 41.6 Å². The smallest absolute Gasteiger partial charge is 0.391 e. The molecular formula is C23H32N6O3S. The van der Waals surface area contributed by atoms with Crippen LogP contribution in [0.2, 0.25) is 0 Å². The number of aryl methyl sites for hydroxylation is 1. The van der Waals surface area contributed by atoms with Crippen molar-refractivity contribution in [2.45, 2.75) is 39.7 Å². The highest BCUT2D eigenvalue weighted by Gasteiger charge is 2.23. The molecule has 9 nitrogen and oxygen atoms in total. The van der Waals surface area contributed by atoms with Gasteiger partial charge in [0.25, 0.3) is 0 Å². The average molecular weight is 473 g/mol.